The number of nitrogens with one attached hydrogen (secondary N) is 1. The van der Waals surface area contributed by atoms with Gasteiger partial charge in [0.25, 0.3) is 5.91 Å². The van der Waals surface area contributed by atoms with E-state index in [2.05, 4.69) is 5.32 Å². The normalized spacial score (nSPS) is 15.2. The van der Waals surface area contributed by atoms with E-state index in [1.54, 1.807) is 25.1 Å². The molecule has 158 valence electrons. The van der Waals surface area contributed by atoms with Crippen LogP contribution in [0.3, 0.4) is 0 Å². The first-order valence-electron chi connectivity index (χ1n) is 9.17. The van der Waals surface area contributed by atoms with E-state index in [9.17, 15) is 14.4 Å². The van der Waals surface area contributed by atoms with Crippen molar-refractivity contribution in [1.29, 1.82) is 0 Å². The molecule has 1 aliphatic heterocycles. The zero-order valence-corrected chi connectivity index (χ0v) is 19.1. The average molecular weight is 465 g/mol. The van der Waals surface area contributed by atoms with Gasteiger partial charge in [0.1, 0.15) is 15.1 Å². The minimum absolute atomic E-state index is 0.0404. The lowest BCUT2D eigenvalue weighted by molar-refractivity contribution is -0.122. The number of hydrogen-bond acceptors (Lipinski definition) is 8. The Balaban J connectivity index is 1.64. The van der Waals surface area contributed by atoms with Gasteiger partial charge in [-0.05, 0) is 38.5 Å². The van der Waals surface area contributed by atoms with Crippen molar-refractivity contribution in [2.24, 2.45) is 0 Å². The fourth-order valence-electron chi connectivity index (χ4n) is 2.76. The number of nitrogens with zero attached hydrogens (tertiary/aromatic N) is 1. The summed E-state index contributed by atoms with van der Waals surface area (Å²) in [4.78, 5) is 40.1. The van der Waals surface area contributed by atoms with Gasteiger partial charge in [0.2, 0.25) is 5.91 Å². The van der Waals surface area contributed by atoms with E-state index >= 15 is 0 Å². The van der Waals surface area contributed by atoms with Crippen LogP contribution in [0.15, 0.2) is 27.7 Å². The Kier molecular flexibility index (Phi) is 7.11. The summed E-state index contributed by atoms with van der Waals surface area (Å²) in [5.41, 5.74) is 1.16. The number of esters is 1. The Morgan fingerprint density at radius 1 is 1.37 bits per heavy atom. The third kappa shape index (κ3) is 4.82. The summed E-state index contributed by atoms with van der Waals surface area (Å²) < 4.78 is 10.7. The highest BCUT2D eigenvalue weighted by Gasteiger charge is 2.32. The van der Waals surface area contributed by atoms with Crippen LogP contribution in [0.4, 0.5) is 5.00 Å². The second-order valence-electron chi connectivity index (χ2n) is 6.35. The fourth-order valence-corrected chi connectivity index (χ4v) is 5.12. The summed E-state index contributed by atoms with van der Waals surface area (Å²) in [6.45, 7) is 5.82. The lowest BCUT2D eigenvalue weighted by atomic mass is 10.1. The molecule has 0 spiro atoms. The third-order valence-electron chi connectivity index (χ3n) is 4.37. The second kappa shape index (κ2) is 9.59. The van der Waals surface area contributed by atoms with E-state index in [4.69, 9.17) is 21.4 Å². The average Bonchev–Trinajstić information content (AvgIpc) is 3.36. The minimum atomic E-state index is -0.463. The first-order valence-corrected chi connectivity index (χ1v) is 11.2. The van der Waals surface area contributed by atoms with Gasteiger partial charge in [-0.15, -0.1) is 11.3 Å². The van der Waals surface area contributed by atoms with Crippen molar-refractivity contribution < 1.29 is 23.5 Å². The van der Waals surface area contributed by atoms with Gasteiger partial charge in [-0.25, -0.2) is 4.79 Å². The van der Waals surface area contributed by atoms with Crippen molar-refractivity contribution in [2.45, 2.75) is 27.2 Å². The molecular formula is C20H20N2O5S3. The Bertz CT molecular complexity index is 1020. The summed E-state index contributed by atoms with van der Waals surface area (Å²) in [6, 6.07) is 3.47. The van der Waals surface area contributed by atoms with Crippen LogP contribution in [0, 0.1) is 13.8 Å². The number of thiocarbonyl (C=S) groups is 1. The summed E-state index contributed by atoms with van der Waals surface area (Å²) >= 11 is 7.78. The lowest BCUT2D eigenvalue weighted by Crippen LogP contribution is -2.31. The van der Waals surface area contributed by atoms with Crippen LogP contribution < -0.4 is 5.32 Å². The standard InChI is InChI=1S/C20H20N2O5S3/c1-4-26-19(25)16-11(2)12(3)29-17(16)21-15(23)7-8-22-18(24)14(30-20(22)28)10-13-6-5-9-27-13/h5-6,9-10H,4,7-8H2,1-3H3,(H,21,23). The van der Waals surface area contributed by atoms with Crippen molar-refractivity contribution in [2.75, 3.05) is 18.5 Å². The molecule has 2 aromatic heterocycles. The van der Waals surface area contributed by atoms with Gasteiger partial charge < -0.3 is 14.5 Å². The van der Waals surface area contributed by atoms with Crippen LogP contribution in [0.5, 0.6) is 0 Å². The highest BCUT2D eigenvalue weighted by molar-refractivity contribution is 8.26. The second-order valence-corrected chi connectivity index (χ2v) is 9.26. The number of ether oxygens (including phenoxy) is 1. The van der Waals surface area contributed by atoms with E-state index in [0.717, 1.165) is 10.4 Å². The Morgan fingerprint density at radius 3 is 2.80 bits per heavy atom. The summed E-state index contributed by atoms with van der Waals surface area (Å²) in [5.74, 6) is -0.479. The molecule has 0 radical (unpaired) electrons. The molecular weight excluding hydrogens is 444 g/mol. The van der Waals surface area contributed by atoms with Gasteiger partial charge >= 0.3 is 5.97 Å². The number of amides is 2. The van der Waals surface area contributed by atoms with Crippen LogP contribution in [-0.4, -0.2) is 40.2 Å². The topological polar surface area (TPSA) is 88.9 Å². The van der Waals surface area contributed by atoms with Crippen LogP contribution in [0.25, 0.3) is 6.08 Å². The molecule has 0 bridgehead atoms. The number of thioether (sulfide) groups is 1. The predicted molar refractivity (Wildman–Crippen MR) is 122 cm³/mol. The first kappa shape index (κ1) is 22.3. The molecule has 10 heteroatoms. The summed E-state index contributed by atoms with van der Waals surface area (Å²) in [5, 5.41) is 3.23. The quantitative estimate of drug-likeness (QED) is 0.370. The van der Waals surface area contributed by atoms with Gasteiger partial charge in [-0.3, -0.25) is 14.5 Å². The molecule has 0 aliphatic carbocycles. The molecule has 2 amide bonds. The maximum absolute atomic E-state index is 12.6. The number of hydrogen-bond donors (Lipinski definition) is 1. The molecule has 30 heavy (non-hydrogen) atoms. The van der Waals surface area contributed by atoms with Gasteiger partial charge in [0.05, 0.1) is 23.3 Å². The molecule has 0 saturated carbocycles. The van der Waals surface area contributed by atoms with Gasteiger partial charge in [-0.1, -0.05) is 24.0 Å². The molecule has 1 aliphatic rings. The monoisotopic (exact) mass is 464 g/mol. The molecule has 0 aromatic carbocycles. The molecule has 1 fully saturated rings. The molecule has 0 unspecified atom stereocenters. The third-order valence-corrected chi connectivity index (χ3v) is 6.87. The van der Waals surface area contributed by atoms with Crippen molar-refractivity contribution >= 4 is 68.5 Å². The molecule has 2 aromatic rings. The molecule has 0 atom stereocenters. The number of carbonyl (C=O) groups is 3. The Hall–Kier alpha value is -2.43. The van der Waals surface area contributed by atoms with Crippen molar-refractivity contribution in [1.82, 2.24) is 4.90 Å². The number of thiophene rings is 1. The number of anilines is 1. The van der Waals surface area contributed by atoms with E-state index in [-0.39, 0.29) is 31.4 Å². The fraction of sp³-hybridized carbons (Fsp3) is 0.300. The van der Waals surface area contributed by atoms with Gasteiger partial charge in [0.15, 0.2) is 0 Å². The van der Waals surface area contributed by atoms with Crippen molar-refractivity contribution in [3.05, 3.63) is 45.1 Å². The number of carbonyl (C=O) groups excluding carboxylic acids is 3. The largest absolute Gasteiger partial charge is 0.465 e. The summed E-state index contributed by atoms with van der Waals surface area (Å²) in [7, 11) is 0. The molecule has 1 saturated heterocycles. The zero-order valence-electron chi connectivity index (χ0n) is 16.6. The highest BCUT2D eigenvalue weighted by Crippen LogP contribution is 2.34. The summed E-state index contributed by atoms with van der Waals surface area (Å²) in [6.07, 6.45) is 3.19. The minimum Gasteiger partial charge on any atom is -0.465 e. The van der Waals surface area contributed by atoms with Crippen molar-refractivity contribution in [3.63, 3.8) is 0 Å². The van der Waals surface area contributed by atoms with Crippen LogP contribution >= 0.6 is 35.3 Å². The number of aryl methyl sites for hydroxylation is 1. The van der Waals surface area contributed by atoms with Gasteiger partial charge in [0, 0.05) is 23.9 Å². The predicted octanol–water partition coefficient (Wildman–Crippen LogP) is 4.36. The molecule has 1 N–H and O–H groups in total. The number of furan rings is 1. The highest BCUT2D eigenvalue weighted by atomic mass is 32.2. The van der Waals surface area contributed by atoms with Crippen LogP contribution in [0.1, 0.15) is 39.9 Å². The Morgan fingerprint density at radius 2 is 2.13 bits per heavy atom. The zero-order chi connectivity index (χ0) is 21.8. The van der Waals surface area contributed by atoms with Crippen molar-refractivity contribution in [3.8, 4) is 0 Å². The molecule has 7 nitrogen and oxygen atoms in total. The molecule has 3 rings (SSSR count). The van der Waals surface area contributed by atoms with Gasteiger partial charge in [-0.2, -0.15) is 0 Å². The maximum Gasteiger partial charge on any atom is 0.341 e. The van der Waals surface area contributed by atoms with Crippen LogP contribution in [-0.2, 0) is 14.3 Å². The van der Waals surface area contributed by atoms with E-state index in [1.165, 1.54) is 34.3 Å². The molecule has 3 heterocycles. The smallest absolute Gasteiger partial charge is 0.341 e. The van der Waals surface area contributed by atoms with E-state index in [1.807, 2.05) is 13.8 Å². The maximum atomic E-state index is 12.6. The van der Waals surface area contributed by atoms with E-state index in [0.29, 0.717) is 25.6 Å². The van der Waals surface area contributed by atoms with Crippen LogP contribution in [0.2, 0.25) is 0 Å². The SMILES string of the molecule is CCOC(=O)c1c(NC(=O)CCN2C(=O)C(=Cc3ccco3)SC2=S)sc(C)c1C. The first-order chi connectivity index (χ1) is 14.3. The Labute approximate surface area is 187 Å². The lowest BCUT2D eigenvalue weighted by Gasteiger charge is -2.14. The van der Waals surface area contributed by atoms with E-state index < -0.39 is 5.97 Å². The number of rotatable bonds is 7.